The van der Waals surface area contributed by atoms with Gasteiger partial charge in [0.25, 0.3) is 0 Å². The second-order valence-corrected chi connectivity index (χ2v) is 5.47. The molecular weight excluding hydrogens is 204 g/mol. The van der Waals surface area contributed by atoms with Crippen LogP contribution < -0.4 is 5.73 Å². The van der Waals surface area contributed by atoms with Gasteiger partial charge in [-0.2, -0.15) is 0 Å². The molecule has 0 radical (unpaired) electrons. The van der Waals surface area contributed by atoms with Crippen molar-refractivity contribution in [1.29, 1.82) is 0 Å². The Kier molecular flexibility index (Phi) is 3.76. The van der Waals surface area contributed by atoms with E-state index in [-0.39, 0.29) is 0 Å². The lowest BCUT2D eigenvalue weighted by Crippen LogP contribution is -1.98. The highest BCUT2D eigenvalue weighted by Gasteiger charge is 2.21. The van der Waals surface area contributed by atoms with Gasteiger partial charge in [0.15, 0.2) is 0 Å². The van der Waals surface area contributed by atoms with Crippen LogP contribution in [-0.2, 0) is 13.0 Å². The summed E-state index contributed by atoms with van der Waals surface area (Å²) in [6, 6.07) is 0. The first kappa shape index (κ1) is 11.1. The van der Waals surface area contributed by atoms with E-state index in [9.17, 15) is 0 Å². The molecule has 0 atom stereocenters. The molecule has 0 unspecified atom stereocenters. The molecule has 1 heterocycles. The Labute approximate surface area is 95.9 Å². The fraction of sp³-hybridized carbons (Fsp3) is 0.750. The van der Waals surface area contributed by atoms with Crippen LogP contribution in [0.4, 0.5) is 0 Å². The number of hydrogen-bond acceptors (Lipinski definition) is 3. The molecule has 2 N–H and O–H groups in total. The molecule has 0 aliphatic heterocycles. The zero-order chi connectivity index (χ0) is 10.7. The second-order valence-electron chi connectivity index (χ2n) is 4.36. The minimum Gasteiger partial charge on any atom is -0.326 e. The van der Waals surface area contributed by atoms with Crippen LogP contribution >= 0.6 is 11.3 Å². The number of nitrogens with two attached hydrogens (primary N) is 1. The number of hydrogen-bond donors (Lipinski definition) is 1. The summed E-state index contributed by atoms with van der Waals surface area (Å²) < 4.78 is 0. The Morgan fingerprint density at radius 2 is 2.13 bits per heavy atom. The van der Waals surface area contributed by atoms with E-state index in [4.69, 9.17) is 10.7 Å². The number of aromatic nitrogens is 1. The Morgan fingerprint density at radius 3 is 2.73 bits per heavy atom. The first-order chi connectivity index (χ1) is 7.35. The van der Waals surface area contributed by atoms with Crippen molar-refractivity contribution in [2.45, 2.75) is 57.9 Å². The molecule has 84 valence electrons. The quantitative estimate of drug-likeness (QED) is 0.853. The van der Waals surface area contributed by atoms with E-state index < -0.39 is 0 Å². The molecular formula is C12H20N2S. The topological polar surface area (TPSA) is 38.9 Å². The van der Waals surface area contributed by atoms with E-state index in [0.29, 0.717) is 6.54 Å². The van der Waals surface area contributed by atoms with Gasteiger partial charge in [-0.15, -0.1) is 11.3 Å². The monoisotopic (exact) mass is 224 g/mol. The van der Waals surface area contributed by atoms with Crippen LogP contribution in [0.5, 0.6) is 0 Å². The average molecular weight is 224 g/mol. The molecule has 2 nitrogen and oxygen atoms in total. The number of thiazole rings is 1. The molecule has 1 fully saturated rings. The molecule has 0 aromatic carbocycles. The molecule has 1 aromatic heterocycles. The van der Waals surface area contributed by atoms with E-state index in [0.717, 1.165) is 12.3 Å². The Hall–Kier alpha value is -0.410. The van der Waals surface area contributed by atoms with Crippen molar-refractivity contribution in [2.75, 3.05) is 0 Å². The zero-order valence-corrected chi connectivity index (χ0v) is 10.3. The van der Waals surface area contributed by atoms with Gasteiger partial charge in [0.05, 0.1) is 10.7 Å². The smallest absolute Gasteiger partial charge is 0.0962 e. The van der Waals surface area contributed by atoms with E-state index in [1.807, 2.05) is 11.3 Å². The number of aryl methyl sites for hydroxylation is 1. The van der Waals surface area contributed by atoms with Gasteiger partial charge in [-0.25, -0.2) is 4.98 Å². The van der Waals surface area contributed by atoms with Gasteiger partial charge in [-0.1, -0.05) is 26.2 Å². The summed E-state index contributed by atoms with van der Waals surface area (Å²) in [6.07, 6.45) is 7.69. The standard InChI is InChI=1S/C12H20N2S/c1-2-5-10-11(8-13)15-12(14-10)9-6-3-4-7-9/h9H,2-8,13H2,1H3. The lowest BCUT2D eigenvalue weighted by atomic mass is 10.1. The molecule has 2 rings (SSSR count). The van der Waals surface area contributed by atoms with Crippen LogP contribution in [0.1, 0.15) is 60.5 Å². The fourth-order valence-electron chi connectivity index (χ4n) is 2.34. The van der Waals surface area contributed by atoms with E-state index >= 15 is 0 Å². The molecule has 1 saturated carbocycles. The molecule has 0 spiro atoms. The van der Waals surface area contributed by atoms with Crippen molar-refractivity contribution in [3.8, 4) is 0 Å². The number of nitrogens with zero attached hydrogens (tertiary/aromatic N) is 1. The van der Waals surface area contributed by atoms with Crippen molar-refractivity contribution in [3.63, 3.8) is 0 Å². The molecule has 1 aliphatic carbocycles. The van der Waals surface area contributed by atoms with Crippen LogP contribution in [-0.4, -0.2) is 4.98 Å². The van der Waals surface area contributed by atoms with E-state index in [1.165, 1.54) is 47.7 Å². The predicted molar refractivity (Wildman–Crippen MR) is 65.2 cm³/mol. The lowest BCUT2D eigenvalue weighted by molar-refractivity contribution is 0.709. The van der Waals surface area contributed by atoms with Crippen LogP contribution in [0.2, 0.25) is 0 Å². The highest BCUT2D eigenvalue weighted by molar-refractivity contribution is 7.11. The Bertz CT molecular complexity index is 313. The van der Waals surface area contributed by atoms with Crippen LogP contribution in [0.15, 0.2) is 0 Å². The van der Waals surface area contributed by atoms with Crippen LogP contribution in [0, 0.1) is 0 Å². The van der Waals surface area contributed by atoms with Gasteiger partial charge in [0.1, 0.15) is 0 Å². The maximum atomic E-state index is 5.76. The Morgan fingerprint density at radius 1 is 1.40 bits per heavy atom. The van der Waals surface area contributed by atoms with Gasteiger partial charge >= 0.3 is 0 Å². The molecule has 0 saturated heterocycles. The van der Waals surface area contributed by atoms with Crippen molar-refractivity contribution < 1.29 is 0 Å². The molecule has 1 aromatic rings. The second kappa shape index (κ2) is 5.08. The van der Waals surface area contributed by atoms with Crippen molar-refractivity contribution in [1.82, 2.24) is 4.98 Å². The summed E-state index contributed by atoms with van der Waals surface area (Å²) in [5, 5.41) is 1.36. The van der Waals surface area contributed by atoms with Crippen LogP contribution in [0.25, 0.3) is 0 Å². The zero-order valence-electron chi connectivity index (χ0n) is 9.46. The van der Waals surface area contributed by atoms with Crippen LogP contribution in [0.3, 0.4) is 0 Å². The van der Waals surface area contributed by atoms with Gasteiger partial charge in [-0.3, -0.25) is 0 Å². The van der Waals surface area contributed by atoms with Crippen molar-refractivity contribution in [3.05, 3.63) is 15.6 Å². The van der Waals surface area contributed by atoms with Gasteiger partial charge < -0.3 is 5.73 Å². The summed E-state index contributed by atoms with van der Waals surface area (Å²) in [4.78, 5) is 6.11. The third kappa shape index (κ3) is 2.40. The summed E-state index contributed by atoms with van der Waals surface area (Å²) in [5.41, 5.74) is 7.03. The largest absolute Gasteiger partial charge is 0.326 e. The third-order valence-electron chi connectivity index (χ3n) is 3.17. The maximum absolute atomic E-state index is 5.76. The fourth-order valence-corrected chi connectivity index (χ4v) is 3.50. The molecule has 0 amide bonds. The Balaban J connectivity index is 2.17. The summed E-state index contributed by atoms with van der Waals surface area (Å²) in [6.45, 7) is 2.87. The van der Waals surface area contributed by atoms with Crippen molar-refractivity contribution >= 4 is 11.3 Å². The molecule has 15 heavy (non-hydrogen) atoms. The number of rotatable bonds is 4. The summed E-state index contributed by atoms with van der Waals surface area (Å²) in [7, 11) is 0. The van der Waals surface area contributed by atoms with Gasteiger partial charge in [0, 0.05) is 17.3 Å². The van der Waals surface area contributed by atoms with E-state index in [2.05, 4.69) is 6.92 Å². The average Bonchev–Trinajstić information content (AvgIpc) is 2.84. The van der Waals surface area contributed by atoms with E-state index in [1.54, 1.807) is 0 Å². The van der Waals surface area contributed by atoms with Gasteiger partial charge in [-0.05, 0) is 19.3 Å². The SMILES string of the molecule is CCCc1nc(C2CCCC2)sc1CN. The molecule has 3 heteroatoms. The summed E-state index contributed by atoms with van der Waals surface area (Å²) in [5.74, 6) is 0.742. The first-order valence-corrected chi connectivity index (χ1v) is 6.85. The van der Waals surface area contributed by atoms with Crippen molar-refractivity contribution in [2.24, 2.45) is 5.73 Å². The third-order valence-corrected chi connectivity index (χ3v) is 4.45. The highest BCUT2D eigenvalue weighted by Crippen LogP contribution is 2.37. The normalized spacial score (nSPS) is 17.5. The minimum atomic E-state index is 0.666. The molecule has 1 aliphatic rings. The van der Waals surface area contributed by atoms with Gasteiger partial charge in [0.2, 0.25) is 0 Å². The predicted octanol–water partition coefficient (Wildman–Crippen LogP) is 3.21. The highest BCUT2D eigenvalue weighted by atomic mass is 32.1. The maximum Gasteiger partial charge on any atom is 0.0962 e. The first-order valence-electron chi connectivity index (χ1n) is 6.03. The summed E-state index contributed by atoms with van der Waals surface area (Å²) >= 11 is 1.86. The molecule has 0 bridgehead atoms. The minimum absolute atomic E-state index is 0.666. The lowest BCUT2D eigenvalue weighted by Gasteiger charge is -2.02.